The molecule has 0 heterocycles. The van der Waals surface area contributed by atoms with Crippen LogP contribution < -0.4 is 5.73 Å². The number of nitrogens with two attached hydrogens (primary N) is 1. The fraction of sp³-hybridized carbons (Fsp3) is 0.333. The number of hydrogen-bond donors (Lipinski definition) is 1. The van der Waals surface area contributed by atoms with Crippen molar-refractivity contribution in [2.75, 3.05) is 6.16 Å². The zero-order valence-corrected chi connectivity index (χ0v) is 4.35. The van der Waals surface area contributed by atoms with Gasteiger partial charge in [0.15, 0.2) is 6.16 Å². The lowest BCUT2D eigenvalue weighted by molar-refractivity contribution is 0.600. The summed E-state index contributed by atoms with van der Waals surface area (Å²) in [5.74, 6) is 0. The lowest BCUT2D eigenvalue weighted by atomic mass is 10.7. The molecule has 2 N–H and O–H groups in total. The summed E-state index contributed by atoms with van der Waals surface area (Å²) in [6, 6.07) is 0. The average Bonchev–Trinajstić information content (AvgIpc) is 1.61. The second kappa shape index (κ2) is 4.64. The molecule has 1 atom stereocenters. The summed E-state index contributed by atoms with van der Waals surface area (Å²) in [4.78, 5) is 0. The van der Waals surface area contributed by atoms with Gasteiger partial charge in [0, 0.05) is 0 Å². The van der Waals surface area contributed by atoms with E-state index in [4.69, 9.17) is 5.73 Å². The van der Waals surface area contributed by atoms with E-state index in [9.17, 15) is 4.57 Å². The molecule has 0 fully saturated rings. The first-order valence-electron chi connectivity index (χ1n) is 1.63. The van der Waals surface area contributed by atoms with E-state index in [1.807, 2.05) is 0 Å². The van der Waals surface area contributed by atoms with E-state index in [1.165, 1.54) is 6.20 Å². The third-order valence-electron chi connectivity index (χ3n) is 0.337. The van der Waals surface area contributed by atoms with Gasteiger partial charge >= 0.3 is 8.46 Å². The Morgan fingerprint density at radius 3 is 2.67 bits per heavy atom. The maximum absolute atomic E-state index is 9.61. The van der Waals surface area contributed by atoms with Gasteiger partial charge in [-0.1, -0.05) is 4.57 Å². The maximum Gasteiger partial charge on any atom is 0.329 e. The van der Waals surface area contributed by atoms with Crippen LogP contribution in [0.5, 0.6) is 0 Å². The second-order valence-electron chi connectivity index (χ2n) is 0.777. The molecule has 0 aromatic heterocycles. The molecule has 0 aromatic carbocycles. The lowest BCUT2D eigenvalue weighted by Gasteiger charge is -1.59. The van der Waals surface area contributed by atoms with Crippen molar-refractivity contribution in [2.45, 2.75) is 0 Å². The predicted octanol–water partition coefficient (Wildman–Crippen LogP) is 0.483. The highest BCUT2D eigenvalue weighted by atomic mass is 31.1. The second-order valence-corrected chi connectivity index (χ2v) is 1.47. The summed E-state index contributed by atoms with van der Waals surface area (Å²) in [6.45, 7) is 0. The molecule has 0 aromatic rings. The summed E-state index contributed by atoms with van der Waals surface area (Å²) in [5.41, 5.74) is 4.90. The van der Waals surface area contributed by atoms with Crippen molar-refractivity contribution in [3.63, 3.8) is 0 Å². The van der Waals surface area contributed by atoms with Crippen LogP contribution in [0.25, 0.3) is 0 Å². The SMILES string of the molecule is NC=CC[PH+]=O. The van der Waals surface area contributed by atoms with E-state index in [2.05, 4.69) is 0 Å². The summed E-state index contributed by atoms with van der Waals surface area (Å²) >= 11 is 0. The smallest absolute Gasteiger partial charge is 0.329 e. The van der Waals surface area contributed by atoms with E-state index in [0.717, 1.165) is 0 Å². The molecule has 0 aliphatic heterocycles. The first-order chi connectivity index (χ1) is 2.91. The van der Waals surface area contributed by atoms with Gasteiger partial charge in [0.25, 0.3) is 0 Å². The number of hydrogen-bond acceptors (Lipinski definition) is 2. The van der Waals surface area contributed by atoms with Crippen LogP contribution in [0.4, 0.5) is 0 Å². The Bertz CT molecular complexity index is 61.8. The first kappa shape index (κ1) is 5.64. The Balaban J connectivity index is 2.85. The van der Waals surface area contributed by atoms with Crippen LogP contribution >= 0.6 is 8.46 Å². The molecule has 0 bridgehead atoms. The van der Waals surface area contributed by atoms with Gasteiger partial charge in [-0.2, -0.15) is 0 Å². The molecular formula is C3H7NOP+. The van der Waals surface area contributed by atoms with Crippen LogP contribution in [0, 0.1) is 0 Å². The van der Waals surface area contributed by atoms with Gasteiger partial charge in [-0.3, -0.25) is 0 Å². The average molecular weight is 104 g/mol. The summed E-state index contributed by atoms with van der Waals surface area (Å²) in [7, 11) is -0.252. The van der Waals surface area contributed by atoms with Crippen molar-refractivity contribution < 1.29 is 4.57 Å². The zero-order chi connectivity index (χ0) is 4.83. The molecule has 0 saturated heterocycles. The van der Waals surface area contributed by atoms with E-state index in [-0.39, 0.29) is 8.46 Å². The van der Waals surface area contributed by atoms with E-state index in [0.29, 0.717) is 6.16 Å². The topological polar surface area (TPSA) is 43.1 Å². The highest BCUT2D eigenvalue weighted by molar-refractivity contribution is 7.23. The first-order valence-corrected chi connectivity index (χ1v) is 2.75. The largest absolute Gasteiger partial charge is 0.405 e. The Hall–Kier alpha value is -0.360. The summed E-state index contributed by atoms with van der Waals surface area (Å²) in [6.07, 6.45) is 3.63. The zero-order valence-electron chi connectivity index (χ0n) is 3.35. The standard InChI is InChI=1S/C3H6NOP/c4-2-1-3-6-5/h1-2H,3-4H2/p+1. The molecule has 0 amide bonds. The van der Waals surface area contributed by atoms with Gasteiger partial charge in [-0.25, -0.2) is 0 Å². The molecule has 0 saturated carbocycles. The normalized spacial score (nSPS) is 10.7. The molecule has 0 spiro atoms. The molecular weight excluding hydrogens is 97.0 g/mol. The Morgan fingerprint density at radius 1 is 1.83 bits per heavy atom. The third kappa shape index (κ3) is 3.64. The van der Waals surface area contributed by atoms with E-state index in [1.54, 1.807) is 6.08 Å². The summed E-state index contributed by atoms with van der Waals surface area (Å²) < 4.78 is 9.61. The van der Waals surface area contributed by atoms with Gasteiger partial charge in [0.1, 0.15) is 0 Å². The van der Waals surface area contributed by atoms with Gasteiger partial charge < -0.3 is 5.73 Å². The van der Waals surface area contributed by atoms with Crippen molar-refractivity contribution in [2.24, 2.45) is 5.73 Å². The van der Waals surface area contributed by atoms with E-state index < -0.39 is 0 Å². The fourth-order valence-electron chi connectivity index (χ4n) is 0.116. The quantitative estimate of drug-likeness (QED) is 0.518. The van der Waals surface area contributed by atoms with Crippen molar-refractivity contribution in [3.05, 3.63) is 12.3 Å². The van der Waals surface area contributed by atoms with Gasteiger partial charge in [-0.05, 0) is 12.3 Å². The lowest BCUT2D eigenvalue weighted by Crippen LogP contribution is -1.74. The van der Waals surface area contributed by atoms with Crippen LogP contribution in [0.1, 0.15) is 0 Å². The van der Waals surface area contributed by atoms with Crippen molar-refractivity contribution in [3.8, 4) is 0 Å². The Morgan fingerprint density at radius 2 is 2.50 bits per heavy atom. The summed E-state index contributed by atoms with van der Waals surface area (Å²) in [5, 5.41) is 0. The predicted molar refractivity (Wildman–Crippen MR) is 27.2 cm³/mol. The highest BCUT2D eigenvalue weighted by Crippen LogP contribution is 1.87. The van der Waals surface area contributed by atoms with Crippen molar-refractivity contribution in [1.82, 2.24) is 0 Å². The van der Waals surface area contributed by atoms with Crippen molar-refractivity contribution >= 4 is 8.46 Å². The van der Waals surface area contributed by atoms with Crippen LogP contribution in [0.15, 0.2) is 12.3 Å². The van der Waals surface area contributed by atoms with Crippen LogP contribution in [0.3, 0.4) is 0 Å². The third-order valence-corrected chi connectivity index (χ3v) is 0.740. The van der Waals surface area contributed by atoms with Gasteiger partial charge in [0.05, 0.1) is 0 Å². The molecule has 2 nitrogen and oxygen atoms in total. The molecule has 0 aliphatic rings. The Kier molecular flexibility index (Phi) is 4.36. The Labute approximate surface area is 38.2 Å². The molecule has 3 heteroatoms. The molecule has 34 valence electrons. The van der Waals surface area contributed by atoms with E-state index >= 15 is 0 Å². The number of rotatable bonds is 2. The fourth-order valence-corrected chi connectivity index (χ4v) is 0.348. The molecule has 0 aliphatic carbocycles. The monoisotopic (exact) mass is 104 g/mol. The minimum atomic E-state index is -0.252. The molecule has 0 rings (SSSR count). The number of allylic oxidation sites excluding steroid dienone is 1. The molecule has 6 heavy (non-hydrogen) atoms. The molecule has 0 radical (unpaired) electrons. The highest BCUT2D eigenvalue weighted by Gasteiger charge is 1.75. The van der Waals surface area contributed by atoms with Crippen LogP contribution in [-0.2, 0) is 4.57 Å². The van der Waals surface area contributed by atoms with Gasteiger partial charge in [-0.15, -0.1) is 0 Å². The van der Waals surface area contributed by atoms with Crippen LogP contribution in [-0.4, -0.2) is 6.16 Å². The minimum Gasteiger partial charge on any atom is -0.405 e. The van der Waals surface area contributed by atoms with Crippen molar-refractivity contribution in [1.29, 1.82) is 0 Å². The maximum atomic E-state index is 9.61. The van der Waals surface area contributed by atoms with Crippen LogP contribution in [0.2, 0.25) is 0 Å². The minimum absolute atomic E-state index is 0.252. The molecule has 1 unspecified atom stereocenters. The van der Waals surface area contributed by atoms with Gasteiger partial charge in [0.2, 0.25) is 0 Å².